The van der Waals surface area contributed by atoms with Crippen molar-refractivity contribution in [1.29, 1.82) is 0 Å². The number of aliphatic hydroxyl groups excluding tert-OH is 3. The quantitative estimate of drug-likeness (QED) is 0.0703. The van der Waals surface area contributed by atoms with Crippen molar-refractivity contribution in [1.82, 2.24) is 0 Å². The first kappa shape index (κ1) is 37.5. The molecular weight excluding hydrogens is 556 g/mol. The molecule has 0 aliphatic carbocycles. The fourth-order valence-corrected chi connectivity index (χ4v) is 7.28. The van der Waals surface area contributed by atoms with E-state index in [0.29, 0.717) is 12.0 Å². The maximum absolute atomic E-state index is 11.7. The first-order valence-corrected chi connectivity index (χ1v) is 18.6. The number of unbranched alkanes of at least 4 members (excludes halogenated alkanes) is 14. The van der Waals surface area contributed by atoms with E-state index in [9.17, 15) is 20.1 Å². The Labute approximate surface area is 268 Å². The van der Waals surface area contributed by atoms with Gasteiger partial charge in [-0.3, -0.25) is 0 Å². The second-order valence-electron chi connectivity index (χ2n) is 14.0. The smallest absolute Gasteiger partial charge is 0.334 e. The molecule has 7 nitrogen and oxygen atoms in total. The van der Waals surface area contributed by atoms with Gasteiger partial charge in [-0.1, -0.05) is 110 Å². The zero-order valence-corrected chi connectivity index (χ0v) is 28.1. The Morgan fingerprint density at radius 2 is 1.09 bits per heavy atom. The van der Waals surface area contributed by atoms with Crippen molar-refractivity contribution < 1.29 is 34.3 Å². The number of esters is 1. The molecule has 1 unspecified atom stereocenters. The van der Waals surface area contributed by atoms with Crippen LogP contribution in [0, 0.1) is 0 Å². The van der Waals surface area contributed by atoms with Crippen LogP contribution >= 0.6 is 0 Å². The topological polar surface area (TPSA) is 105 Å². The summed E-state index contributed by atoms with van der Waals surface area (Å²) in [5.74, 6) is -0.281. The number of cyclic esters (lactones) is 1. The van der Waals surface area contributed by atoms with Gasteiger partial charge in [0.15, 0.2) is 0 Å². The van der Waals surface area contributed by atoms with Crippen LogP contribution in [0.1, 0.15) is 168 Å². The van der Waals surface area contributed by atoms with Crippen molar-refractivity contribution in [3.63, 3.8) is 0 Å². The van der Waals surface area contributed by atoms with Crippen LogP contribution in [0.3, 0.4) is 0 Å². The summed E-state index contributed by atoms with van der Waals surface area (Å²) in [5.41, 5.74) is 0.617. The molecule has 0 aromatic rings. The number of hydrogen-bond donors (Lipinski definition) is 3. The summed E-state index contributed by atoms with van der Waals surface area (Å²) < 4.78 is 17.7. The average molecular weight is 623 g/mol. The molecule has 0 bridgehead atoms. The Morgan fingerprint density at radius 1 is 0.659 bits per heavy atom. The van der Waals surface area contributed by atoms with Crippen LogP contribution in [-0.4, -0.2) is 70.1 Å². The van der Waals surface area contributed by atoms with Gasteiger partial charge >= 0.3 is 5.97 Å². The zero-order valence-electron chi connectivity index (χ0n) is 28.1. The van der Waals surface area contributed by atoms with E-state index in [1.54, 1.807) is 0 Å². The summed E-state index contributed by atoms with van der Waals surface area (Å²) in [6.07, 6.45) is 26.1. The lowest BCUT2D eigenvalue weighted by Crippen LogP contribution is -2.33. The van der Waals surface area contributed by atoms with Gasteiger partial charge in [-0.05, 0) is 57.9 Å². The Bertz CT molecular complexity index is 801. The molecule has 7 heteroatoms. The Hall–Kier alpha value is -0.990. The van der Waals surface area contributed by atoms with Crippen molar-refractivity contribution in [2.75, 3.05) is 0 Å². The van der Waals surface area contributed by atoms with Gasteiger partial charge in [0.05, 0.1) is 42.7 Å². The van der Waals surface area contributed by atoms with E-state index in [2.05, 4.69) is 6.92 Å². The highest BCUT2D eigenvalue weighted by Crippen LogP contribution is 2.34. The lowest BCUT2D eigenvalue weighted by Gasteiger charge is -2.24. The minimum absolute atomic E-state index is 0.0519. The third-order valence-electron chi connectivity index (χ3n) is 10.0. The molecule has 0 saturated carbocycles. The Kier molecular flexibility index (Phi) is 18.5. The summed E-state index contributed by atoms with van der Waals surface area (Å²) in [6, 6.07) is 0. The molecule has 3 aliphatic heterocycles. The summed E-state index contributed by atoms with van der Waals surface area (Å²) in [4.78, 5) is 11.7. The maximum Gasteiger partial charge on any atom is 0.334 e. The minimum Gasteiger partial charge on any atom is -0.455 e. The van der Waals surface area contributed by atoms with Gasteiger partial charge in [-0.25, -0.2) is 4.79 Å². The highest BCUT2D eigenvalue weighted by Gasteiger charge is 2.40. The van der Waals surface area contributed by atoms with Crippen LogP contribution in [0.2, 0.25) is 0 Å². The average Bonchev–Trinajstić information content (AvgIpc) is 3.75. The first-order chi connectivity index (χ1) is 21.4. The fourth-order valence-electron chi connectivity index (χ4n) is 7.28. The van der Waals surface area contributed by atoms with Crippen LogP contribution in [0.15, 0.2) is 11.6 Å². The van der Waals surface area contributed by atoms with E-state index in [4.69, 9.17) is 14.2 Å². The van der Waals surface area contributed by atoms with Crippen LogP contribution in [-0.2, 0) is 19.0 Å². The van der Waals surface area contributed by atoms with E-state index >= 15 is 0 Å². The standard InChI is InChI=1S/C37H66O7/c1-3-4-5-6-7-11-14-17-20-31(39)33-22-24-35(43-33)36-25-23-34(44-36)32(40)21-18-15-12-9-8-10-13-16-19-30(38)27-29-26-28(2)42-37(29)41/h26,28,30-36,38-40H,3-25,27H2,1-2H3/t28-,30+,31-,32+,33+,34?,35+,36+/m0/s1. The van der Waals surface area contributed by atoms with Crippen LogP contribution in [0.5, 0.6) is 0 Å². The predicted molar refractivity (Wildman–Crippen MR) is 175 cm³/mol. The minimum atomic E-state index is -0.463. The summed E-state index contributed by atoms with van der Waals surface area (Å²) in [6.45, 7) is 4.09. The van der Waals surface area contributed by atoms with Gasteiger partial charge < -0.3 is 29.5 Å². The lowest BCUT2D eigenvalue weighted by atomic mass is 10.00. The monoisotopic (exact) mass is 622 g/mol. The molecule has 2 fully saturated rings. The first-order valence-electron chi connectivity index (χ1n) is 18.6. The van der Waals surface area contributed by atoms with Gasteiger partial charge in [-0.15, -0.1) is 0 Å². The Balaban J connectivity index is 1.13. The van der Waals surface area contributed by atoms with Crippen molar-refractivity contribution in [2.24, 2.45) is 0 Å². The molecule has 3 N–H and O–H groups in total. The van der Waals surface area contributed by atoms with Gasteiger partial charge in [0.25, 0.3) is 0 Å². The molecule has 256 valence electrons. The van der Waals surface area contributed by atoms with E-state index in [1.165, 1.54) is 70.6 Å². The Morgan fingerprint density at radius 3 is 1.52 bits per heavy atom. The van der Waals surface area contributed by atoms with E-state index < -0.39 is 12.2 Å². The highest BCUT2D eigenvalue weighted by atomic mass is 16.6. The van der Waals surface area contributed by atoms with Crippen molar-refractivity contribution in [3.05, 3.63) is 11.6 Å². The normalized spacial score (nSPS) is 27.4. The largest absolute Gasteiger partial charge is 0.455 e. The lowest BCUT2D eigenvalue weighted by molar-refractivity contribution is -0.139. The number of ether oxygens (including phenoxy) is 3. The number of carbonyl (C=O) groups is 1. The molecule has 3 heterocycles. The molecule has 2 saturated heterocycles. The third-order valence-corrected chi connectivity index (χ3v) is 10.0. The van der Waals surface area contributed by atoms with Gasteiger partial charge in [0.2, 0.25) is 0 Å². The van der Waals surface area contributed by atoms with Crippen LogP contribution < -0.4 is 0 Å². The summed E-state index contributed by atoms with van der Waals surface area (Å²) in [5, 5.41) is 31.6. The summed E-state index contributed by atoms with van der Waals surface area (Å²) in [7, 11) is 0. The zero-order chi connectivity index (χ0) is 31.6. The third kappa shape index (κ3) is 14.2. The molecule has 44 heavy (non-hydrogen) atoms. The summed E-state index contributed by atoms with van der Waals surface area (Å²) >= 11 is 0. The predicted octanol–water partition coefficient (Wildman–Crippen LogP) is 7.86. The van der Waals surface area contributed by atoms with Crippen LogP contribution in [0.4, 0.5) is 0 Å². The van der Waals surface area contributed by atoms with E-state index in [-0.39, 0.29) is 42.6 Å². The number of aliphatic hydroxyl groups is 3. The molecule has 0 aromatic heterocycles. The molecule has 0 aromatic carbocycles. The molecule has 3 rings (SSSR count). The second kappa shape index (κ2) is 21.7. The van der Waals surface area contributed by atoms with Crippen molar-refractivity contribution in [2.45, 2.75) is 217 Å². The highest BCUT2D eigenvalue weighted by molar-refractivity contribution is 5.90. The SMILES string of the molecule is CCCCCCCCCC[C@H](O)[C@H]1CC[C@H]([C@H]2CCC([C@H](O)CCCCCCCCCC[C@@H](O)CC3=C[C@H](C)OC3=O)O2)O1. The molecule has 8 atom stereocenters. The van der Waals surface area contributed by atoms with Crippen molar-refractivity contribution in [3.8, 4) is 0 Å². The number of hydrogen-bond acceptors (Lipinski definition) is 7. The fraction of sp³-hybridized carbons (Fsp3) is 0.919. The van der Waals surface area contributed by atoms with Crippen molar-refractivity contribution >= 4 is 5.97 Å². The molecule has 3 aliphatic rings. The van der Waals surface area contributed by atoms with Gasteiger partial charge in [-0.2, -0.15) is 0 Å². The van der Waals surface area contributed by atoms with Gasteiger partial charge in [0.1, 0.15) is 6.10 Å². The van der Waals surface area contributed by atoms with Crippen LogP contribution in [0.25, 0.3) is 0 Å². The number of carbonyl (C=O) groups excluding carboxylic acids is 1. The maximum atomic E-state index is 11.7. The molecular formula is C37H66O7. The molecule has 0 amide bonds. The van der Waals surface area contributed by atoms with E-state index in [1.807, 2.05) is 13.0 Å². The second-order valence-corrected chi connectivity index (χ2v) is 14.0. The van der Waals surface area contributed by atoms with Gasteiger partial charge in [0, 0.05) is 12.0 Å². The number of rotatable bonds is 25. The molecule has 0 spiro atoms. The van der Waals surface area contributed by atoms with E-state index in [0.717, 1.165) is 77.0 Å². The molecule has 0 radical (unpaired) electrons.